The molecule has 5 aromatic carbocycles. The van der Waals surface area contributed by atoms with Crippen LogP contribution >= 0.6 is 0 Å². The fraction of sp³-hybridized carbons (Fsp3) is 0.0882. The van der Waals surface area contributed by atoms with E-state index in [0.717, 1.165) is 22.8 Å². The monoisotopic (exact) mass is 521 g/mol. The molecular weight excluding hydrogens is 495 g/mol. The second kappa shape index (κ2) is 10.3. The molecule has 2 N–H and O–H groups in total. The molecule has 0 saturated heterocycles. The molecule has 5 heteroatoms. The molecule has 0 aliphatic carbocycles. The number of hydrogen-bond acceptors (Lipinski definition) is 2. The van der Waals surface area contributed by atoms with Crippen LogP contribution in [0.25, 0.3) is 33.4 Å². The van der Waals surface area contributed by atoms with Crippen LogP contribution in [0.2, 0.25) is 0 Å². The lowest BCUT2D eigenvalue weighted by Gasteiger charge is -2.23. The summed E-state index contributed by atoms with van der Waals surface area (Å²) < 4.78 is 42.8. The van der Waals surface area contributed by atoms with Gasteiger partial charge in [-0.05, 0) is 53.8 Å². The third kappa shape index (κ3) is 5.08. The van der Waals surface area contributed by atoms with Gasteiger partial charge in [0.1, 0.15) is 0 Å². The summed E-state index contributed by atoms with van der Waals surface area (Å²) in [5, 5.41) is 0. The molecule has 0 heterocycles. The van der Waals surface area contributed by atoms with Gasteiger partial charge in [0.05, 0.1) is 16.8 Å². The summed E-state index contributed by atoms with van der Waals surface area (Å²) in [4.78, 5) is 14.0. The average molecular weight is 522 g/mol. The predicted molar refractivity (Wildman–Crippen MR) is 152 cm³/mol. The van der Waals surface area contributed by atoms with Gasteiger partial charge in [-0.15, -0.1) is 0 Å². The maximum absolute atomic E-state index is 14.3. The second-order valence-corrected chi connectivity index (χ2v) is 9.61. The molecule has 0 unspecified atom stereocenters. The summed E-state index contributed by atoms with van der Waals surface area (Å²) in [5.41, 5.74) is 11.2. The van der Waals surface area contributed by atoms with E-state index in [-0.39, 0.29) is 28.2 Å². The van der Waals surface area contributed by atoms with Crippen LogP contribution in [0.5, 0.6) is 0 Å². The van der Waals surface area contributed by atoms with E-state index in [1.54, 1.807) is 24.3 Å². The standard InChI is InChI=1S/C34H26F3NO/c1-21-12-16-24(17-13-21)27-20-28(23-8-4-3-5-9-23)31(33(39)25-18-14-22(2)15-19-25)32(38)30(27)26-10-6-7-11-29(26)34(35,36)37/h3-20H,38H2,1-2H3. The maximum atomic E-state index is 14.3. The van der Waals surface area contributed by atoms with Gasteiger partial charge in [0.15, 0.2) is 5.78 Å². The third-order valence-corrected chi connectivity index (χ3v) is 6.86. The molecule has 0 amide bonds. The van der Waals surface area contributed by atoms with Gasteiger partial charge < -0.3 is 5.73 Å². The van der Waals surface area contributed by atoms with Crippen LogP contribution in [0.3, 0.4) is 0 Å². The fourth-order valence-electron chi connectivity index (χ4n) is 4.84. The summed E-state index contributed by atoms with van der Waals surface area (Å²) in [6, 6.07) is 31.0. The van der Waals surface area contributed by atoms with E-state index in [1.165, 1.54) is 12.1 Å². The van der Waals surface area contributed by atoms with Crippen molar-refractivity contribution >= 4 is 11.5 Å². The molecule has 39 heavy (non-hydrogen) atoms. The van der Waals surface area contributed by atoms with E-state index in [9.17, 15) is 18.0 Å². The molecule has 2 nitrogen and oxygen atoms in total. The molecule has 0 aromatic heterocycles. The summed E-state index contributed by atoms with van der Waals surface area (Å²) in [6.45, 7) is 3.86. The van der Waals surface area contributed by atoms with Gasteiger partial charge >= 0.3 is 6.18 Å². The minimum Gasteiger partial charge on any atom is -0.398 e. The highest BCUT2D eigenvalue weighted by Crippen LogP contribution is 2.47. The van der Waals surface area contributed by atoms with Crippen LogP contribution in [0, 0.1) is 13.8 Å². The number of nitrogens with two attached hydrogens (primary N) is 1. The van der Waals surface area contributed by atoms with E-state index in [4.69, 9.17) is 5.73 Å². The van der Waals surface area contributed by atoms with Crippen molar-refractivity contribution in [2.75, 3.05) is 5.73 Å². The Morgan fingerprint density at radius 1 is 0.641 bits per heavy atom. The Morgan fingerprint density at radius 3 is 1.79 bits per heavy atom. The lowest BCUT2D eigenvalue weighted by Crippen LogP contribution is -2.12. The van der Waals surface area contributed by atoms with E-state index in [1.807, 2.05) is 80.6 Å². The molecule has 0 atom stereocenters. The van der Waals surface area contributed by atoms with E-state index in [0.29, 0.717) is 22.3 Å². The largest absolute Gasteiger partial charge is 0.417 e. The van der Waals surface area contributed by atoms with E-state index < -0.39 is 11.7 Å². The van der Waals surface area contributed by atoms with Crippen molar-refractivity contribution in [3.8, 4) is 33.4 Å². The highest BCUT2D eigenvalue weighted by Gasteiger charge is 2.35. The first-order valence-corrected chi connectivity index (χ1v) is 12.5. The SMILES string of the molecule is Cc1ccc(C(=O)c2c(-c3ccccc3)cc(-c3ccc(C)cc3)c(-c3ccccc3C(F)(F)F)c2N)cc1. The highest BCUT2D eigenvalue weighted by atomic mass is 19.4. The van der Waals surface area contributed by atoms with Crippen LogP contribution in [0.1, 0.15) is 32.6 Å². The van der Waals surface area contributed by atoms with Crippen molar-refractivity contribution in [2.24, 2.45) is 0 Å². The van der Waals surface area contributed by atoms with Gasteiger partial charge in [-0.3, -0.25) is 4.79 Å². The van der Waals surface area contributed by atoms with Crippen molar-refractivity contribution in [1.82, 2.24) is 0 Å². The Labute approximate surface area is 225 Å². The normalized spacial score (nSPS) is 11.4. The molecule has 0 aliphatic rings. The van der Waals surface area contributed by atoms with Crippen LogP contribution in [-0.2, 0) is 6.18 Å². The van der Waals surface area contributed by atoms with Gasteiger partial charge in [-0.2, -0.15) is 13.2 Å². The number of anilines is 1. The molecule has 194 valence electrons. The maximum Gasteiger partial charge on any atom is 0.417 e. The quantitative estimate of drug-likeness (QED) is 0.185. The van der Waals surface area contributed by atoms with Crippen LogP contribution < -0.4 is 5.73 Å². The van der Waals surface area contributed by atoms with Gasteiger partial charge in [-0.25, -0.2) is 0 Å². The number of alkyl halides is 3. The van der Waals surface area contributed by atoms with E-state index in [2.05, 4.69) is 0 Å². The van der Waals surface area contributed by atoms with E-state index >= 15 is 0 Å². The minimum absolute atomic E-state index is 0.00852. The van der Waals surface area contributed by atoms with Gasteiger partial charge in [0.2, 0.25) is 0 Å². The fourth-order valence-corrected chi connectivity index (χ4v) is 4.84. The Kier molecular flexibility index (Phi) is 6.83. The summed E-state index contributed by atoms with van der Waals surface area (Å²) in [7, 11) is 0. The van der Waals surface area contributed by atoms with Gasteiger partial charge in [0.25, 0.3) is 0 Å². The van der Waals surface area contributed by atoms with Crippen molar-refractivity contribution in [3.63, 3.8) is 0 Å². The minimum atomic E-state index is -4.62. The number of carbonyl (C=O) groups excluding carboxylic acids is 1. The Morgan fingerprint density at radius 2 is 1.18 bits per heavy atom. The van der Waals surface area contributed by atoms with Crippen LogP contribution in [0.4, 0.5) is 18.9 Å². The number of ketones is 1. The zero-order chi connectivity index (χ0) is 27.7. The Bertz CT molecular complexity index is 1650. The first-order chi connectivity index (χ1) is 18.6. The lowest BCUT2D eigenvalue weighted by atomic mass is 9.82. The second-order valence-electron chi connectivity index (χ2n) is 9.61. The number of halogens is 3. The van der Waals surface area contributed by atoms with Crippen LogP contribution in [0.15, 0.2) is 109 Å². The summed E-state index contributed by atoms with van der Waals surface area (Å²) in [5.74, 6) is -0.354. The first kappa shape index (κ1) is 26.0. The molecule has 0 bridgehead atoms. The molecular formula is C34H26F3NO. The zero-order valence-corrected chi connectivity index (χ0v) is 21.5. The predicted octanol–water partition coefficient (Wildman–Crippen LogP) is 9.14. The molecule has 5 aromatic rings. The van der Waals surface area contributed by atoms with Crippen molar-refractivity contribution in [2.45, 2.75) is 20.0 Å². The molecule has 0 aliphatic heterocycles. The van der Waals surface area contributed by atoms with Crippen molar-refractivity contribution in [3.05, 3.63) is 137 Å². The molecule has 0 saturated carbocycles. The first-order valence-electron chi connectivity index (χ1n) is 12.5. The number of nitrogen functional groups attached to an aromatic ring is 1. The number of aryl methyl sites for hydroxylation is 2. The number of benzene rings is 5. The number of carbonyl (C=O) groups is 1. The smallest absolute Gasteiger partial charge is 0.398 e. The third-order valence-electron chi connectivity index (χ3n) is 6.86. The molecule has 0 spiro atoms. The summed E-state index contributed by atoms with van der Waals surface area (Å²) in [6.07, 6.45) is -4.62. The Hall–Kier alpha value is -4.64. The molecule has 0 fully saturated rings. The molecule has 0 radical (unpaired) electrons. The Balaban J connectivity index is 1.91. The van der Waals surface area contributed by atoms with Gasteiger partial charge in [-0.1, -0.05) is 108 Å². The average Bonchev–Trinajstić information content (AvgIpc) is 2.93. The highest BCUT2D eigenvalue weighted by molar-refractivity contribution is 6.19. The molecule has 5 rings (SSSR count). The lowest BCUT2D eigenvalue weighted by molar-refractivity contribution is -0.137. The zero-order valence-electron chi connectivity index (χ0n) is 21.5. The topological polar surface area (TPSA) is 43.1 Å². The number of rotatable bonds is 5. The van der Waals surface area contributed by atoms with Crippen molar-refractivity contribution in [1.29, 1.82) is 0 Å². The number of hydrogen-bond donors (Lipinski definition) is 1. The van der Waals surface area contributed by atoms with Crippen molar-refractivity contribution < 1.29 is 18.0 Å². The van der Waals surface area contributed by atoms with Gasteiger partial charge in [0, 0.05) is 11.1 Å². The van der Waals surface area contributed by atoms with Crippen LogP contribution in [-0.4, -0.2) is 5.78 Å². The summed E-state index contributed by atoms with van der Waals surface area (Å²) >= 11 is 0.